The van der Waals surface area contributed by atoms with Crippen LogP contribution >= 0.6 is 23.2 Å². The molecular weight excluding hydrogens is 349 g/mol. The van der Waals surface area contributed by atoms with E-state index in [0.29, 0.717) is 11.6 Å². The molecule has 2 aliphatic rings. The fraction of sp³-hybridized carbons (Fsp3) is 0.571. The molecular formula is C14H17Cl2NO4S. The van der Waals surface area contributed by atoms with Crippen molar-refractivity contribution in [3.8, 4) is 0 Å². The molecule has 1 aliphatic carbocycles. The summed E-state index contributed by atoms with van der Waals surface area (Å²) in [6, 6.07) is 4.33. The number of hydrogen-bond donors (Lipinski definition) is 1. The molecule has 1 saturated heterocycles. The van der Waals surface area contributed by atoms with Gasteiger partial charge in [0, 0.05) is 24.4 Å². The Hall–Kier alpha value is -0.370. The van der Waals surface area contributed by atoms with E-state index in [4.69, 9.17) is 32.7 Å². The standard InChI is InChI=1S/C14H17Cl2NO4S/c15-10-3-4-12(16)13(7-10)22(18,19)17-8-11-9-20-14(21-11)5-1-2-6-14/h3-4,7,11,17H,1-2,5-6,8-9H2/t11-/m0/s1. The van der Waals surface area contributed by atoms with Crippen molar-refractivity contribution in [2.45, 2.75) is 42.5 Å². The van der Waals surface area contributed by atoms with Gasteiger partial charge in [-0.25, -0.2) is 13.1 Å². The summed E-state index contributed by atoms with van der Waals surface area (Å²) >= 11 is 11.8. The monoisotopic (exact) mass is 365 g/mol. The van der Waals surface area contributed by atoms with Gasteiger partial charge in [-0.05, 0) is 31.0 Å². The quantitative estimate of drug-likeness (QED) is 0.890. The second kappa shape index (κ2) is 6.26. The zero-order valence-electron chi connectivity index (χ0n) is 11.8. The lowest BCUT2D eigenvalue weighted by Crippen LogP contribution is -2.35. The van der Waals surface area contributed by atoms with Gasteiger partial charge in [0.1, 0.15) is 4.90 Å². The van der Waals surface area contributed by atoms with Gasteiger partial charge in [-0.3, -0.25) is 0 Å². The zero-order chi connectivity index (χ0) is 15.8. The number of benzene rings is 1. The van der Waals surface area contributed by atoms with Crippen LogP contribution in [0.1, 0.15) is 25.7 Å². The number of halogens is 2. The molecule has 3 rings (SSSR count). The van der Waals surface area contributed by atoms with Gasteiger partial charge in [0.15, 0.2) is 5.79 Å². The first-order valence-corrected chi connectivity index (χ1v) is 9.41. The summed E-state index contributed by atoms with van der Waals surface area (Å²) in [5.74, 6) is -0.496. The van der Waals surface area contributed by atoms with E-state index in [1.165, 1.54) is 12.1 Å². The first kappa shape index (κ1) is 16.5. The number of hydrogen-bond acceptors (Lipinski definition) is 4. The maximum absolute atomic E-state index is 12.3. The van der Waals surface area contributed by atoms with Crippen molar-refractivity contribution in [2.24, 2.45) is 0 Å². The highest BCUT2D eigenvalue weighted by Gasteiger charge is 2.43. The Morgan fingerprint density at radius 1 is 1.27 bits per heavy atom. The molecule has 1 spiro atoms. The average molecular weight is 366 g/mol. The number of sulfonamides is 1. The Bertz CT molecular complexity index is 659. The molecule has 1 aromatic carbocycles. The van der Waals surface area contributed by atoms with Crippen LogP contribution in [0.25, 0.3) is 0 Å². The molecule has 5 nitrogen and oxygen atoms in total. The maximum Gasteiger partial charge on any atom is 0.242 e. The summed E-state index contributed by atoms with van der Waals surface area (Å²) in [7, 11) is -3.74. The van der Waals surface area contributed by atoms with Crippen LogP contribution in [-0.4, -0.2) is 33.5 Å². The van der Waals surface area contributed by atoms with E-state index in [2.05, 4.69) is 4.72 Å². The Balaban J connectivity index is 1.64. The van der Waals surface area contributed by atoms with Crippen molar-refractivity contribution in [2.75, 3.05) is 13.2 Å². The maximum atomic E-state index is 12.3. The Kier molecular flexibility index (Phi) is 4.69. The fourth-order valence-electron chi connectivity index (χ4n) is 2.86. The molecule has 0 unspecified atom stereocenters. The zero-order valence-corrected chi connectivity index (χ0v) is 14.2. The van der Waals surface area contributed by atoms with Gasteiger partial charge in [0.25, 0.3) is 0 Å². The molecule has 1 aliphatic heterocycles. The van der Waals surface area contributed by atoms with E-state index >= 15 is 0 Å². The van der Waals surface area contributed by atoms with Gasteiger partial charge in [-0.1, -0.05) is 23.2 Å². The van der Waals surface area contributed by atoms with E-state index in [9.17, 15) is 8.42 Å². The van der Waals surface area contributed by atoms with Crippen molar-refractivity contribution < 1.29 is 17.9 Å². The molecule has 0 amide bonds. The normalized spacial score (nSPS) is 24.2. The summed E-state index contributed by atoms with van der Waals surface area (Å²) in [5.41, 5.74) is 0. The summed E-state index contributed by atoms with van der Waals surface area (Å²) in [6.45, 7) is 0.540. The minimum Gasteiger partial charge on any atom is -0.347 e. The van der Waals surface area contributed by atoms with Gasteiger partial charge < -0.3 is 9.47 Å². The van der Waals surface area contributed by atoms with Crippen molar-refractivity contribution in [3.05, 3.63) is 28.2 Å². The highest BCUT2D eigenvalue weighted by atomic mass is 35.5. The summed E-state index contributed by atoms with van der Waals surface area (Å²) in [5, 5.41) is 0.447. The first-order valence-electron chi connectivity index (χ1n) is 7.17. The molecule has 0 radical (unpaired) electrons. The van der Waals surface area contributed by atoms with Crippen LogP contribution in [0, 0.1) is 0 Å². The third-order valence-corrected chi connectivity index (χ3v) is 6.10. The van der Waals surface area contributed by atoms with Crippen LogP contribution in [0.15, 0.2) is 23.1 Å². The van der Waals surface area contributed by atoms with E-state index in [-0.39, 0.29) is 22.6 Å². The van der Waals surface area contributed by atoms with Crippen LogP contribution in [0.4, 0.5) is 0 Å². The SMILES string of the molecule is O=S(=O)(NC[C@H]1COC2(CCCC2)O1)c1cc(Cl)ccc1Cl. The lowest BCUT2D eigenvalue weighted by molar-refractivity contribution is -0.160. The molecule has 1 atom stereocenters. The summed E-state index contributed by atoms with van der Waals surface area (Å²) < 4.78 is 38.8. The van der Waals surface area contributed by atoms with Gasteiger partial charge in [0.05, 0.1) is 17.7 Å². The molecule has 1 N–H and O–H groups in total. The molecule has 122 valence electrons. The van der Waals surface area contributed by atoms with Gasteiger partial charge >= 0.3 is 0 Å². The fourth-order valence-corrected chi connectivity index (χ4v) is 4.68. The third-order valence-electron chi connectivity index (χ3n) is 3.96. The molecule has 1 aromatic rings. The summed E-state index contributed by atoms with van der Waals surface area (Å²) in [6.07, 6.45) is 3.62. The molecule has 0 aromatic heterocycles. The van der Waals surface area contributed by atoms with E-state index in [0.717, 1.165) is 25.7 Å². The molecule has 8 heteroatoms. The third kappa shape index (κ3) is 3.42. The number of nitrogens with one attached hydrogen (secondary N) is 1. The topological polar surface area (TPSA) is 64.6 Å². The van der Waals surface area contributed by atoms with E-state index < -0.39 is 15.8 Å². The van der Waals surface area contributed by atoms with Crippen molar-refractivity contribution >= 4 is 33.2 Å². The van der Waals surface area contributed by atoms with Crippen molar-refractivity contribution in [3.63, 3.8) is 0 Å². The first-order chi connectivity index (χ1) is 10.4. The van der Waals surface area contributed by atoms with Crippen LogP contribution in [0.3, 0.4) is 0 Å². The largest absolute Gasteiger partial charge is 0.347 e. The smallest absolute Gasteiger partial charge is 0.242 e. The molecule has 0 bridgehead atoms. The Morgan fingerprint density at radius 3 is 2.73 bits per heavy atom. The van der Waals surface area contributed by atoms with Crippen LogP contribution in [0.2, 0.25) is 10.0 Å². The van der Waals surface area contributed by atoms with E-state index in [1.807, 2.05) is 0 Å². The minimum absolute atomic E-state index is 0.0313. The van der Waals surface area contributed by atoms with Crippen LogP contribution < -0.4 is 4.72 Å². The predicted molar refractivity (Wildman–Crippen MR) is 83.7 cm³/mol. The van der Waals surface area contributed by atoms with Crippen molar-refractivity contribution in [1.29, 1.82) is 0 Å². The predicted octanol–water partition coefficient (Wildman–Crippen LogP) is 2.96. The lowest BCUT2D eigenvalue weighted by atomic mass is 10.2. The van der Waals surface area contributed by atoms with Gasteiger partial charge in [-0.15, -0.1) is 0 Å². The van der Waals surface area contributed by atoms with Gasteiger partial charge in [-0.2, -0.15) is 0 Å². The van der Waals surface area contributed by atoms with Crippen LogP contribution in [-0.2, 0) is 19.5 Å². The molecule has 1 saturated carbocycles. The van der Waals surface area contributed by atoms with Crippen molar-refractivity contribution in [1.82, 2.24) is 4.72 Å². The van der Waals surface area contributed by atoms with E-state index in [1.54, 1.807) is 6.07 Å². The lowest BCUT2D eigenvalue weighted by Gasteiger charge is -2.22. The van der Waals surface area contributed by atoms with Crippen LogP contribution in [0.5, 0.6) is 0 Å². The van der Waals surface area contributed by atoms with Gasteiger partial charge in [0.2, 0.25) is 10.0 Å². The number of rotatable bonds is 4. The minimum atomic E-state index is -3.74. The second-order valence-electron chi connectivity index (χ2n) is 5.60. The number of ether oxygens (including phenoxy) is 2. The highest BCUT2D eigenvalue weighted by Crippen LogP contribution is 2.39. The summed E-state index contributed by atoms with van der Waals surface area (Å²) in [4.78, 5) is -0.0313. The second-order valence-corrected chi connectivity index (χ2v) is 8.17. The molecule has 22 heavy (non-hydrogen) atoms. The average Bonchev–Trinajstić information content (AvgIpc) is 3.10. The molecule has 2 fully saturated rings. The molecule has 1 heterocycles. The highest BCUT2D eigenvalue weighted by molar-refractivity contribution is 7.89. The Morgan fingerprint density at radius 2 is 2.00 bits per heavy atom. The Labute approximate surface area is 139 Å².